The molecule has 2 amide bonds. The molecule has 0 radical (unpaired) electrons. The number of hydrogen-bond donors (Lipinski definition) is 3. The van der Waals surface area contributed by atoms with Crippen LogP contribution >= 0.6 is 23.2 Å². The second-order valence-corrected chi connectivity index (χ2v) is 14.7. The van der Waals surface area contributed by atoms with Gasteiger partial charge in [-0.05, 0) is 70.2 Å². The number of nitrogens with zero attached hydrogens (tertiary/aromatic N) is 1. The van der Waals surface area contributed by atoms with Gasteiger partial charge in [0.1, 0.15) is 12.2 Å². The van der Waals surface area contributed by atoms with Crippen molar-refractivity contribution in [1.82, 2.24) is 21.1 Å². The summed E-state index contributed by atoms with van der Waals surface area (Å²) < 4.78 is 26.7. The minimum Gasteiger partial charge on any atom is -0.376 e. The number of morpholine rings is 2. The molecule has 12 heteroatoms. The predicted octanol–water partition coefficient (Wildman–Crippen LogP) is 4.05. The molecular weight excluding hydrogens is 655 g/mol. The van der Waals surface area contributed by atoms with Crippen LogP contribution < -0.4 is 16.1 Å². The second kappa shape index (κ2) is 14.9. The first-order valence-corrected chi connectivity index (χ1v) is 18.3. The van der Waals surface area contributed by atoms with Gasteiger partial charge in [-0.1, -0.05) is 36.4 Å². The standard InChI is InChI=1S/C36H46Cl2N4O6/c1-3-45-28-17-25-29(18-24(28)40-35(43)20-11-7-5-8-12-20)48-33-26(39-25)19-31-32(34(33)46-4-2)42(41-36(44)21-13-9-6-10-14-21)27-15-22(37)23(38)16-30(27)47-31/h5-14,22-34,39H,3-4,15-19H2,1-2H3,(H,40,43)(H,41,44). The van der Waals surface area contributed by atoms with Crippen molar-refractivity contribution < 1.29 is 28.5 Å². The molecule has 260 valence electrons. The monoisotopic (exact) mass is 700 g/mol. The Morgan fingerprint density at radius 2 is 1.46 bits per heavy atom. The van der Waals surface area contributed by atoms with E-state index in [4.69, 9.17) is 42.1 Å². The maximum Gasteiger partial charge on any atom is 0.265 e. The van der Waals surface area contributed by atoms with E-state index < -0.39 is 6.10 Å². The first-order chi connectivity index (χ1) is 23.3. The molecule has 3 aliphatic carbocycles. The fraction of sp³-hybridized carbons (Fsp3) is 0.611. The summed E-state index contributed by atoms with van der Waals surface area (Å²) in [6, 6.07) is 17.8. The van der Waals surface area contributed by atoms with Gasteiger partial charge in [0, 0.05) is 36.4 Å². The molecule has 5 aliphatic rings. The van der Waals surface area contributed by atoms with E-state index in [1.165, 1.54) is 0 Å². The number of amides is 2. The molecule has 2 aromatic rings. The molecule has 0 aromatic heterocycles. The van der Waals surface area contributed by atoms with Crippen LogP contribution in [-0.4, -0.2) is 108 Å². The number of carbonyl (C=O) groups excluding carboxylic acids is 2. The normalized spacial score (nSPS) is 39.2. The van der Waals surface area contributed by atoms with E-state index in [1.54, 1.807) is 0 Å². The summed E-state index contributed by atoms with van der Waals surface area (Å²) in [6.07, 6.45) is 1.64. The maximum absolute atomic E-state index is 13.7. The van der Waals surface area contributed by atoms with Gasteiger partial charge in [-0.25, -0.2) is 5.01 Å². The molecule has 2 heterocycles. The molecule has 7 rings (SSSR count). The van der Waals surface area contributed by atoms with Crippen LogP contribution in [0, 0.1) is 0 Å². The lowest BCUT2D eigenvalue weighted by Gasteiger charge is -2.60. The molecule has 2 aliphatic heterocycles. The van der Waals surface area contributed by atoms with Gasteiger partial charge in [-0.15, -0.1) is 23.2 Å². The van der Waals surface area contributed by atoms with Crippen molar-refractivity contribution in [2.75, 3.05) is 13.2 Å². The number of ether oxygens (including phenoxy) is 4. The van der Waals surface area contributed by atoms with Crippen molar-refractivity contribution in [1.29, 1.82) is 0 Å². The lowest BCUT2D eigenvalue weighted by atomic mass is 9.75. The predicted molar refractivity (Wildman–Crippen MR) is 182 cm³/mol. The van der Waals surface area contributed by atoms with Gasteiger partial charge in [0.15, 0.2) is 0 Å². The molecule has 13 atom stereocenters. The molecule has 3 N–H and O–H groups in total. The van der Waals surface area contributed by atoms with Crippen molar-refractivity contribution in [2.45, 2.75) is 124 Å². The highest BCUT2D eigenvalue weighted by Crippen LogP contribution is 2.44. The maximum atomic E-state index is 13.7. The third kappa shape index (κ3) is 6.88. The zero-order valence-electron chi connectivity index (χ0n) is 27.4. The number of fused-ring (bicyclic) bond motifs is 4. The number of rotatable bonds is 8. The van der Waals surface area contributed by atoms with Crippen LogP contribution in [0.2, 0.25) is 0 Å². The fourth-order valence-electron chi connectivity index (χ4n) is 8.55. The van der Waals surface area contributed by atoms with E-state index in [9.17, 15) is 9.59 Å². The molecule has 13 unspecified atom stereocenters. The average Bonchev–Trinajstić information content (AvgIpc) is 3.09. The minimum absolute atomic E-state index is 0.0376. The quantitative estimate of drug-likeness (QED) is 0.354. The summed E-state index contributed by atoms with van der Waals surface area (Å²) in [7, 11) is 0. The summed E-state index contributed by atoms with van der Waals surface area (Å²) in [5.74, 6) is -0.318. The molecule has 0 spiro atoms. The molecule has 2 saturated heterocycles. The van der Waals surface area contributed by atoms with Gasteiger partial charge in [-0.3, -0.25) is 15.0 Å². The molecule has 48 heavy (non-hydrogen) atoms. The van der Waals surface area contributed by atoms with Crippen LogP contribution in [0.5, 0.6) is 0 Å². The van der Waals surface area contributed by atoms with E-state index in [0.717, 1.165) is 0 Å². The summed E-state index contributed by atoms with van der Waals surface area (Å²) in [5, 5.41) is 8.73. The highest BCUT2D eigenvalue weighted by Gasteiger charge is 2.59. The van der Waals surface area contributed by atoms with E-state index in [-0.39, 0.29) is 83.3 Å². The lowest BCUT2D eigenvalue weighted by Crippen LogP contribution is -2.78. The van der Waals surface area contributed by atoms with Gasteiger partial charge in [-0.2, -0.15) is 0 Å². The van der Waals surface area contributed by atoms with E-state index >= 15 is 0 Å². The Labute approximate surface area is 292 Å². The van der Waals surface area contributed by atoms with Crippen LogP contribution in [0.4, 0.5) is 0 Å². The average molecular weight is 702 g/mol. The second-order valence-electron chi connectivity index (χ2n) is 13.6. The number of halogens is 2. The van der Waals surface area contributed by atoms with Gasteiger partial charge in [0.25, 0.3) is 11.8 Å². The SMILES string of the molecule is CCOC1CC2NC3CC4OC5CC(Cl)C(Cl)CC5N(NC(=O)c5ccccc5)C4C(OCC)C3OC2CC1NC(=O)c1ccccc1. The Morgan fingerprint density at radius 3 is 2.15 bits per heavy atom. The molecule has 0 bridgehead atoms. The smallest absolute Gasteiger partial charge is 0.265 e. The van der Waals surface area contributed by atoms with Crippen LogP contribution in [0.15, 0.2) is 60.7 Å². The number of nitrogens with one attached hydrogen (secondary N) is 3. The summed E-state index contributed by atoms with van der Waals surface area (Å²) in [4.78, 5) is 26.9. The van der Waals surface area contributed by atoms with Crippen LogP contribution in [0.3, 0.4) is 0 Å². The van der Waals surface area contributed by atoms with E-state index in [2.05, 4.69) is 21.1 Å². The van der Waals surface area contributed by atoms with Gasteiger partial charge in [0.2, 0.25) is 0 Å². The van der Waals surface area contributed by atoms with Gasteiger partial charge >= 0.3 is 0 Å². The van der Waals surface area contributed by atoms with E-state index in [0.29, 0.717) is 56.4 Å². The Hall–Kier alpha value is -2.28. The number of benzene rings is 2. The molecule has 3 saturated carbocycles. The number of carbonyl (C=O) groups is 2. The summed E-state index contributed by atoms with van der Waals surface area (Å²) >= 11 is 13.4. The zero-order valence-corrected chi connectivity index (χ0v) is 28.9. The van der Waals surface area contributed by atoms with Crippen molar-refractivity contribution in [2.24, 2.45) is 0 Å². The lowest BCUT2D eigenvalue weighted by molar-refractivity contribution is -0.264. The Bertz CT molecular complexity index is 1410. The first-order valence-electron chi connectivity index (χ1n) is 17.4. The van der Waals surface area contributed by atoms with Crippen molar-refractivity contribution in [3.05, 3.63) is 71.8 Å². The molecular formula is C36H46Cl2N4O6. The van der Waals surface area contributed by atoms with Crippen molar-refractivity contribution >= 4 is 35.0 Å². The van der Waals surface area contributed by atoms with Gasteiger partial charge < -0.3 is 29.6 Å². The topological polar surface area (TPSA) is 110 Å². The van der Waals surface area contributed by atoms with Crippen LogP contribution in [0.25, 0.3) is 0 Å². The summed E-state index contributed by atoms with van der Waals surface area (Å²) in [5.41, 5.74) is 4.45. The minimum atomic E-state index is -0.409. The summed E-state index contributed by atoms with van der Waals surface area (Å²) in [6.45, 7) is 4.98. The van der Waals surface area contributed by atoms with Crippen LogP contribution in [-0.2, 0) is 18.9 Å². The van der Waals surface area contributed by atoms with Gasteiger partial charge in [0.05, 0.1) is 53.3 Å². The van der Waals surface area contributed by atoms with Crippen molar-refractivity contribution in [3.8, 4) is 0 Å². The Morgan fingerprint density at radius 1 is 0.792 bits per heavy atom. The highest BCUT2D eigenvalue weighted by molar-refractivity contribution is 6.30. The fourth-order valence-corrected chi connectivity index (χ4v) is 9.11. The Balaban J connectivity index is 1.15. The largest absolute Gasteiger partial charge is 0.376 e. The van der Waals surface area contributed by atoms with Crippen molar-refractivity contribution in [3.63, 3.8) is 0 Å². The van der Waals surface area contributed by atoms with Crippen LogP contribution in [0.1, 0.15) is 66.7 Å². The third-order valence-corrected chi connectivity index (χ3v) is 11.8. The number of alkyl halides is 2. The number of hydrogen-bond acceptors (Lipinski definition) is 8. The first kappa shape index (κ1) is 34.2. The molecule has 10 nitrogen and oxygen atoms in total. The number of hydrazine groups is 1. The third-order valence-electron chi connectivity index (χ3n) is 10.7. The van der Waals surface area contributed by atoms with E-state index in [1.807, 2.05) is 74.5 Å². The highest BCUT2D eigenvalue weighted by atomic mass is 35.5. The molecule has 2 aromatic carbocycles. The molecule has 5 fully saturated rings. The zero-order chi connectivity index (χ0) is 33.4. The Kier molecular flexibility index (Phi) is 10.6.